The fraction of sp³-hybridized carbons (Fsp3) is 0.0667. The second-order valence-corrected chi connectivity index (χ2v) is 4.77. The lowest BCUT2D eigenvalue weighted by Crippen LogP contribution is -1.92. The first-order chi connectivity index (χ1) is 9.72. The molecule has 20 heavy (non-hydrogen) atoms. The maximum atomic E-state index is 5.96. The first-order valence-electron chi connectivity index (χ1n) is 6.12. The van der Waals surface area contributed by atoms with Gasteiger partial charge in [0.1, 0.15) is 11.5 Å². The van der Waals surface area contributed by atoms with Crippen molar-refractivity contribution in [3.63, 3.8) is 0 Å². The van der Waals surface area contributed by atoms with E-state index in [0.29, 0.717) is 10.8 Å². The number of halogens is 1. The molecule has 4 nitrogen and oxygen atoms in total. The molecule has 0 saturated heterocycles. The summed E-state index contributed by atoms with van der Waals surface area (Å²) in [4.78, 5) is 4.28. The maximum absolute atomic E-state index is 5.96. The minimum absolute atomic E-state index is 0.664. The number of hydrazone groups is 1. The van der Waals surface area contributed by atoms with E-state index in [4.69, 9.17) is 16.0 Å². The fourth-order valence-electron chi connectivity index (χ4n) is 1.91. The Morgan fingerprint density at radius 2 is 2.15 bits per heavy atom. The standard InChI is InChI=1S/C15H12ClN3O/c1-10-2-4-12(20-10)9-18-19-14-6-7-17-15-8-11(16)3-5-13(14)15/h2-9H,1H3,(H,17,19)/b18-9-. The molecule has 2 heterocycles. The van der Waals surface area contributed by atoms with Crippen LogP contribution >= 0.6 is 11.6 Å². The molecule has 3 aromatic rings. The first kappa shape index (κ1) is 12.7. The van der Waals surface area contributed by atoms with Gasteiger partial charge in [-0.3, -0.25) is 10.4 Å². The van der Waals surface area contributed by atoms with Crippen molar-refractivity contribution in [2.24, 2.45) is 5.10 Å². The van der Waals surface area contributed by atoms with Crippen LogP contribution in [0.3, 0.4) is 0 Å². The molecule has 0 aliphatic heterocycles. The molecule has 0 aliphatic carbocycles. The van der Waals surface area contributed by atoms with E-state index in [-0.39, 0.29) is 0 Å². The Labute approximate surface area is 121 Å². The van der Waals surface area contributed by atoms with Crippen molar-refractivity contribution in [3.8, 4) is 0 Å². The van der Waals surface area contributed by atoms with Gasteiger partial charge in [-0.05, 0) is 43.3 Å². The highest BCUT2D eigenvalue weighted by molar-refractivity contribution is 6.31. The fourth-order valence-corrected chi connectivity index (χ4v) is 2.07. The molecule has 0 radical (unpaired) electrons. The largest absolute Gasteiger partial charge is 0.460 e. The van der Waals surface area contributed by atoms with Gasteiger partial charge >= 0.3 is 0 Å². The molecule has 100 valence electrons. The Kier molecular flexibility index (Phi) is 3.39. The summed E-state index contributed by atoms with van der Waals surface area (Å²) in [5.74, 6) is 1.56. The molecular formula is C15H12ClN3O. The maximum Gasteiger partial charge on any atom is 0.147 e. The predicted molar refractivity (Wildman–Crippen MR) is 81.4 cm³/mol. The van der Waals surface area contributed by atoms with Crippen molar-refractivity contribution in [3.05, 3.63) is 59.1 Å². The van der Waals surface area contributed by atoms with E-state index in [9.17, 15) is 0 Å². The van der Waals surface area contributed by atoms with Crippen LogP contribution in [0.2, 0.25) is 5.02 Å². The summed E-state index contributed by atoms with van der Waals surface area (Å²) >= 11 is 5.96. The van der Waals surface area contributed by atoms with Crippen LogP contribution in [0.15, 0.2) is 52.1 Å². The number of furan rings is 1. The number of aromatic nitrogens is 1. The third-order valence-corrected chi connectivity index (χ3v) is 3.08. The van der Waals surface area contributed by atoms with Gasteiger partial charge in [0, 0.05) is 16.6 Å². The summed E-state index contributed by atoms with van der Waals surface area (Å²) in [5, 5.41) is 5.79. The summed E-state index contributed by atoms with van der Waals surface area (Å²) in [6, 6.07) is 11.2. The van der Waals surface area contributed by atoms with E-state index in [0.717, 1.165) is 22.4 Å². The Balaban J connectivity index is 1.86. The number of rotatable bonds is 3. The quantitative estimate of drug-likeness (QED) is 0.578. The second-order valence-electron chi connectivity index (χ2n) is 4.34. The topological polar surface area (TPSA) is 50.4 Å². The zero-order valence-corrected chi connectivity index (χ0v) is 11.6. The molecule has 5 heteroatoms. The minimum Gasteiger partial charge on any atom is -0.460 e. The lowest BCUT2D eigenvalue weighted by molar-refractivity contribution is 0.528. The van der Waals surface area contributed by atoms with E-state index in [1.165, 1.54) is 0 Å². The molecule has 0 bridgehead atoms. The van der Waals surface area contributed by atoms with Crippen molar-refractivity contribution in [1.29, 1.82) is 0 Å². The summed E-state index contributed by atoms with van der Waals surface area (Å²) < 4.78 is 5.41. The van der Waals surface area contributed by atoms with Crippen LogP contribution in [-0.2, 0) is 0 Å². The van der Waals surface area contributed by atoms with Crippen molar-refractivity contribution in [2.45, 2.75) is 6.92 Å². The van der Waals surface area contributed by atoms with Gasteiger partial charge in [0.05, 0.1) is 17.4 Å². The molecule has 0 saturated carbocycles. The SMILES string of the molecule is Cc1ccc(/C=N\Nc2ccnc3cc(Cl)ccc23)o1. The molecule has 0 aliphatic rings. The second kappa shape index (κ2) is 5.35. The summed E-state index contributed by atoms with van der Waals surface area (Å²) in [6.45, 7) is 1.89. The molecule has 0 amide bonds. The smallest absolute Gasteiger partial charge is 0.147 e. The van der Waals surface area contributed by atoms with Gasteiger partial charge < -0.3 is 4.42 Å². The number of nitrogens with zero attached hydrogens (tertiary/aromatic N) is 2. The van der Waals surface area contributed by atoms with Crippen molar-refractivity contribution < 1.29 is 4.42 Å². The number of nitrogens with one attached hydrogen (secondary N) is 1. The average molecular weight is 286 g/mol. The lowest BCUT2D eigenvalue weighted by atomic mass is 10.2. The first-order valence-corrected chi connectivity index (χ1v) is 6.50. The van der Waals surface area contributed by atoms with E-state index in [1.54, 1.807) is 12.4 Å². The van der Waals surface area contributed by atoms with E-state index in [2.05, 4.69) is 15.5 Å². The highest BCUT2D eigenvalue weighted by Crippen LogP contribution is 2.24. The number of anilines is 1. The van der Waals surface area contributed by atoms with E-state index in [1.807, 2.05) is 43.3 Å². The van der Waals surface area contributed by atoms with Crippen LogP contribution in [0.4, 0.5) is 5.69 Å². The molecule has 1 aromatic carbocycles. The zero-order chi connectivity index (χ0) is 13.9. The number of hydrogen-bond donors (Lipinski definition) is 1. The molecule has 2 aromatic heterocycles. The zero-order valence-electron chi connectivity index (χ0n) is 10.8. The Hall–Kier alpha value is -2.33. The molecule has 0 spiro atoms. The van der Waals surface area contributed by atoms with Gasteiger partial charge in [-0.1, -0.05) is 11.6 Å². The summed E-state index contributed by atoms with van der Waals surface area (Å²) in [5.41, 5.74) is 4.68. The van der Waals surface area contributed by atoms with Crippen LogP contribution in [0, 0.1) is 6.92 Å². The van der Waals surface area contributed by atoms with Crippen LogP contribution < -0.4 is 5.43 Å². The molecule has 0 unspecified atom stereocenters. The van der Waals surface area contributed by atoms with Gasteiger partial charge in [-0.2, -0.15) is 5.10 Å². The number of aryl methyl sites for hydroxylation is 1. The number of hydrogen-bond acceptors (Lipinski definition) is 4. The average Bonchev–Trinajstić information content (AvgIpc) is 2.84. The number of pyridine rings is 1. The van der Waals surface area contributed by atoms with Gasteiger partial charge in [-0.25, -0.2) is 0 Å². The van der Waals surface area contributed by atoms with Crippen LogP contribution in [0.1, 0.15) is 11.5 Å². The number of fused-ring (bicyclic) bond motifs is 1. The van der Waals surface area contributed by atoms with Gasteiger partial charge in [0.15, 0.2) is 0 Å². The van der Waals surface area contributed by atoms with E-state index >= 15 is 0 Å². The molecule has 0 fully saturated rings. The van der Waals surface area contributed by atoms with Gasteiger partial charge in [0.2, 0.25) is 0 Å². The van der Waals surface area contributed by atoms with E-state index < -0.39 is 0 Å². The van der Waals surface area contributed by atoms with Crippen LogP contribution in [-0.4, -0.2) is 11.2 Å². The molecule has 0 atom stereocenters. The van der Waals surface area contributed by atoms with Crippen molar-refractivity contribution >= 4 is 34.4 Å². The Morgan fingerprint density at radius 3 is 2.95 bits per heavy atom. The molecule has 3 rings (SSSR count). The third kappa shape index (κ3) is 2.65. The summed E-state index contributed by atoms with van der Waals surface area (Å²) in [6.07, 6.45) is 3.35. The summed E-state index contributed by atoms with van der Waals surface area (Å²) in [7, 11) is 0. The lowest BCUT2D eigenvalue weighted by Gasteiger charge is -2.04. The number of benzene rings is 1. The van der Waals surface area contributed by atoms with Crippen LogP contribution in [0.25, 0.3) is 10.9 Å². The van der Waals surface area contributed by atoms with Gasteiger partial charge in [-0.15, -0.1) is 0 Å². The highest BCUT2D eigenvalue weighted by Gasteiger charge is 2.01. The van der Waals surface area contributed by atoms with Crippen molar-refractivity contribution in [1.82, 2.24) is 4.98 Å². The highest BCUT2D eigenvalue weighted by atomic mass is 35.5. The Morgan fingerprint density at radius 1 is 1.25 bits per heavy atom. The Bertz CT molecular complexity index is 780. The normalized spacial score (nSPS) is 11.3. The third-order valence-electron chi connectivity index (χ3n) is 2.84. The molecular weight excluding hydrogens is 274 g/mol. The van der Waals surface area contributed by atoms with Crippen LogP contribution in [0.5, 0.6) is 0 Å². The van der Waals surface area contributed by atoms with Gasteiger partial charge in [0.25, 0.3) is 0 Å². The minimum atomic E-state index is 0.664. The van der Waals surface area contributed by atoms with Crippen molar-refractivity contribution in [2.75, 3.05) is 5.43 Å². The predicted octanol–water partition coefficient (Wildman–Crippen LogP) is 4.24. The monoisotopic (exact) mass is 285 g/mol. The molecule has 1 N–H and O–H groups in total.